The highest BCUT2D eigenvalue weighted by Crippen LogP contribution is 2.19. The van der Waals surface area contributed by atoms with Gasteiger partial charge in [-0.25, -0.2) is 9.59 Å². The van der Waals surface area contributed by atoms with Crippen molar-refractivity contribution in [1.29, 1.82) is 0 Å². The fourth-order valence-corrected chi connectivity index (χ4v) is 5.58. The quantitative estimate of drug-likeness (QED) is 0.103. The molecule has 0 unspecified atom stereocenters. The maximum atomic E-state index is 13.5. The molecular formula is C33H46F3N7O10. The van der Waals surface area contributed by atoms with Gasteiger partial charge in [0.25, 0.3) is 0 Å². The number of nitrogens with two attached hydrogens (primary N) is 1. The summed E-state index contributed by atoms with van der Waals surface area (Å²) in [7, 11) is 0. The third-order valence-corrected chi connectivity index (χ3v) is 8.64. The number of carboxylic acid groups (broad SMARTS) is 2. The van der Waals surface area contributed by atoms with Crippen LogP contribution in [0.4, 0.5) is 13.2 Å². The van der Waals surface area contributed by atoms with Gasteiger partial charge in [-0.2, -0.15) is 13.2 Å². The average Bonchev–Trinajstić information content (AvgIpc) is 3.82. The van der Waals surface area contributed by atoms with Crippen LogP contribution in [-0.4, -0.2) is 119 Å². The van der Waals surface area contributed by atoms with Gasteiger partial charge in [-0.3, -0.25) is 28.8 Å². The fourth-order valence-electron chi connectivity index (χ4n) is 5.58. The number of aliphatic carboxylic acids is 2. The third kappa shape index (κ3) is 14.3. The van der Waals surface area contributed by atoms with Crippen LogP contribution in [0.3, 0.4) is 0 Å². The average molecular weight is 758 g/mol. The molecule has 1 aromatic rings. The van der Waals surface area contributed by atoms with E-state index in [0.29, 0.717) is 37.8 Å². The maximum absolute atomic E-state index is 13.5. The first kappa shape index (κ1) is 43.9. The predicted molar refractivity (Wildman–Crippen MR) is 179 cm³/mol. The zero-order valence-corrected chi connectivity index (χ0v) is 29.2. The van der Waals surface area contributed by atoms with E-state index in [1.165, 1.54) is 4.90 Å². The summed E-state index contributed by atoms with van der Waals surface area (Å²) >= 11 is 0. The molecule has 6 amide bonds. The van der Waals surface area contributed by atoms with Crippen molar-refractivity contribution in [3.63, 3.8) is 0 Å². The number of carbonyl (C=O) groups is 8. The summed E-state index contributed by atoms with van der Waals surface area (Å²) in [4.78, 5) is 99.4. The van der Waals surface area contributed by atoms with Gasteiger partial charge in [-0.15, -0.1) is 0 Å². The number of nitrogens with one attached hydrogen (secondary N) is 5. The summed E-state index contributed by atoms with van der Waals surface area (Å²) in [5.41, 5.74) is 6.00. The Morgan fingerprint density at radius 2 is 1.55 bits per heavy atom. The predicted octanol–water partition coefficient (Wildman–Crippen LogP) is -0.818. The van der Waals surface area contributed by atoms with E-state index in [1.807, 2.05) is 0 Å². The summed E-state index contributed by atoms with van der Waals surface area (Å²) in [5, 5.41) is 30.1. The summed E-state index contributed by atoms with van der Waals surface area (Å²) in [5.74, 6) is -8.36. The Balaban J connectivity index is 0.00000126. The van der Waals surface area contributed by atoms with Crippen molar-refractivity contribution in [2.24, 2.45) is 11.7 Å². The second-order valence-corrected chi connectivity index (χ2v) is 12.6. The first-order valence-corrected chi connectivity index (χ1v) is 16.9. The lowest BCUT2D eigenvalue weighted by molar-refractivity contribution is -0.192. The zero-order chi connectivity index (χ0) is 39.9. The van der Waals surface area contributed by atoms with E-state index in [0.717, 1.165) is 13.0 Å². The van der Waals surface area contributed by atoms with Crippen molar-refractivity contribution in [3.8, 4) is 0 Å². The minimum Gasteiger partial charge on any atom is -0.480 e. The van der Waals surface area contributed by atoms with E-state index >= 15 is 0 Å². The number of amides is 6. The number of benzene rings is 1. The summed E-state index contributed by atoms with van der Waals surface area (Å²) in [6.45, 7) is 4.30. The molecule has 0 bridgehead atoms. The SMILES string of the molecule is CC[C@H](C)[C@H](NC(=O)[C@@H]1CCCN1C(=O)CNC(=O)[C@@H]1CCCN1)C(=O)N[C@@H](CC(N)=O)C(=O)N[C@@H](Cc1ccccc1)C(=O)O.O=C(O)C(F)(F)F. The van der Waals surface area contributed by atoms with E-state index in [9.17, 15) is 51.8 Å². The highest BCUT2D eigenvalue weighted by Gasteiger charge is 2.39. The van der Waals surface area contributed by atoms with Crippen LogP contribution in [0.25, 0.3) is 0 Å². The van der Waals surface area contributed by atoms with Crippen LogP contribution in [0.2, 0.25) is 0 Å². The minimum absolute atomic E-state index is 0.0392. The standard InChI is InChI=1S/C31H45N7O8.C2HF3O2/c1-3-18(2)26(37-29(43)23-12-8-14-38(23)25(40)17-34-27(41)20-11-7-13-33-20)30(44)35-21(16-24(32)39)28(42)36-22(31(45)46)15-19-9-5-4-6-10-19;3-2(4,5)1(6)7/h4-6,9-10,18,20-23,26,33H,3,7-8,11-17H2,1-2H3,(H2,32,39)(H,34,41)(H,35,44)(H,36,42)(H,37,43)(H,45,46);(H,6,7)/t18-,20-,21-,22-,23-,26-;/m0./s1. The first-order valence-electron chi connectivity index (χ1n) is 16.9. The Hall–Kier alpha value is -5.27. The van der Waals surface area contributed by atoms with Crippen LogP contribution in [0.15, 0.2) is 30.3 Å². The van der Waals surface area contributed by atoms with E-state index in [2.05, 4.69) is 26.6 Å². The van der Waals surface area contributed by atoms with Crippen LogP contribution in [0.5, 0.6) is 0 Å². The molecule has 6 atom stereocenters. The van der Waals surface area contributed by atoms with Crippen molar-refractivity contribution in [3.05, 3.63) is 35.9 Å². The second kappa shape index (κ2) is 20.7. The van der Waals surface area contributed by atoms with Gasteiger partial charge >= 0.3 is 18.1 Å². The molecule has 17 nitrogen and oxygen atoms in total. The number of hydrogen-bond acceptors (Lipinski definition) is 9. The van der Waals surface area contributed by atoms with Gasteiger partial charge in [-0.1, -0.05) is 50.6 Å². The van der Waals surface area contributed by atoms with Crippen molar-refractivity contribution < 1.29 is 61.7 Å². The Morgan fingerprint density at radius 3 is 2.08 bits per heavy atom. The second-order valence-electron chi connectivity index (χ2n) is 12.6. The van der Waals surface area contributed by atoms with Crippen molar-refractivity contribution in [1.82, 2.24) is 31.5 Å². The fraction of sp³-hybridized carbons (Fsp3) is 0.576. The van der Waals surface area contributed by atoms with Gasteiger partial charge in [0.05, 0.1) is 19.0 Å². The molecule has 1 aromatic carbocycles. The van der Waals surface area contributed by atoms with Crippen LogP contribution < -0.4 is 32.3 Å². The highest BCUT2D eigenvalue weighted by molar-refractivity contribution is 5.97. The van der Waals surface area contributed by atoms with Crippen molar-refractivity contribution in [2.75, 3.05) is 19.6 Å². The maximum Gasteiger partial charge on any atom is 0.490 e. The number of rotatable bonds is 16. The molecular weight excluding hydrogens is 711 g/mol. The molecule has 0 spiro atoms. The summed E-state index contributed by atoms with van der Waals surface area (Å²) < 4.78 is 31.7. The number of halogens is 3. The molecule has 0 aromatic heterocycles. The first-order chi connectivity index (χ1) is 24.8. The lowest BCUT2D eigenvalue weighted by Gasteiger charge is -2.30. The normalized spacial score (nSPS) is 18.9. The van der Waals surface area contributed by atoms with Crippen LogP contribution in [-0.2, 0) is 44.8 Å². The van der Waals surface area contributed by atoms with Crippen LogP contribution in [0.1, 0.15) is 57.9 Å². The van der Waals surface area contributed by atoms with E-state index in [4.69, 9.17) is 15.6 Å². The molecule has 0 radical (unpaired) electrons. The molecule has 9 N–H and O–H groups in total. The summed E-state index contributed by atoms with van der Waals surface area (Å²) in [6, 6.07) is 3.40. The number of nitrogens with zero attached hydrogens (tertiary/aromatic N) is 1. The van der Waals surface area contributed by atoms with Crippen LogP contribution >= 0.6 is 0 Å². The van der Waals surface area contributed by atoms with Gasteiger partial charge in [0.15, 0.2) is 0 Å². The number of alkyl halides is 3. The Labute approximate surface area is 303 Å². The van der Waals surface area contributed by atoms with Gasteiger partial charge in [0, 0.05) is 13.0 Å². The van der Waals surface area contributed by atoms with E-state index in [-0.39, 0.29) is 24.9 Å². The molecule has 20 heteroatoms. The molecule has 2 aliphatic heterocycles. The number of carbonyl (C=O) groups excluding carboxylic acids is 6. The highest BCUT2D eigenvalue weighted by atomic mass is 19.4. The Morgan fingerprint density at radius 1 is 0.925 bits per heavy atom. The van der Waals surface area contributed by atoms with Gasteiger partial charge in [0.2, 0.25) is 35.4 Å². The number of primary amides is 1. The van der Waals surface area contributed by atoms with Crippen molar-refractivity contribution in [2.45, 2.75) is 95.2 Å². The molecule has 2 aliphatic rings. The molecule has 294 valence electrons. The van der Waals surface area contributed by atoms with E-state index < -0.39 is 84.2 Å². The number of hydrogen-bond donors (Lipinski definition) is 8. The molecule has 2 fully saturated rings. The lowest BCUT2D eigenvalue weighted by Crippen LogP contribution is -2.59. The van der Waals surface area contributed by atoms with Crippen LogP contribution in [0, 0.1) is 5.92 Å². The molecule has 53 heavy (non-hydrogen) atoms. The number of likely N-dealkylation sites (tertiary alicyclic amines) is 1. The van der Waals surface area contributed by atoms with Gasteiger partial charge in [-0.05, 0) is 43.7 Å². The number of carboxylic acids is 2. The van der Waals surface area contributed by atoms with Gasteiger partial charge in [0.1, 0.15) is 24.2 Å². The minimum atomic E-state index is -5.08. The monoisotopic (exact) mass is 757 g/mol. The Bertz CT molecular complexity index is 1470. The molecule has 0 saturated carbocycles. The summed E-state index contributed by atoms with van der Waals surface area (Å²) in [6.07, 6.45) is -2.81. The zero-order valence-electron chi connectivity index (χ0n) is 29.2. The lowest BCUT2D eigenvalue weighted by atomic mass is 9.97. The molecule has 2 heterocycles. The molecule has 2 saturated heterocycles. The molecule has 3 rings (SSSR count). The third-order valence-electron chi connectivity index (χ3n) is 8.64. The Kier molecular flexibility index (Phi) is 17.1. The van der Waals surface area contributed by atoms with E-state index in [1.54, 1.807) is 44.2 Å². The molecule has 0 aliphatic carbocycles. The van der Waals surface area contributed by atoms with Gasteiger partial charge < -0.3 is 47.4 Å². The smallest absolute Gasteiger partial charge is 0.480 e. The van der Waals surface area contributed by atoms with Crippen molar-refractivity contribution >= 4 is 47.4 Å². The topological polar surface area (TPSA) is 266 Å². The largest absolute Gasteiger partial charge is 0.490 e.